The van der Waals surface area contributed by atoms with Gasteiger partial charge in [-0.15, -0.1) is 11.3 Å². The van der Waals surface area contributed by atoms with E-state index in [0.29, 0.717) is 22.9 Å². The van der Waals surface area contributed by atoms with E-state index in [9.17, 15) is 9.59 Å². The summed E-state index contributed by atoms with van der Waals surface area (Å²) in [5.41, 5.74) is 0. The lowest BCUT2D eigenvalue weighted by Gasteiger charge is -2.05. The van der Waals surface area contributed by atoms with Crippen LogP contribution in [-0.2, 0) is 9.53 Å². The number of hydrogen-bond donors (Lipinski definition) is 3. The first-order chi connectivity index (χ1) is 9.67. The number of amides is 2. The van der Waals surface area contributed by atoms with Gasteiger partial charge in [0.15, 0.2) is 0 Å². The molecule has 0 unspecified atom stereocenters. The van der Waals surface area contributed by atoms with Gasteiger partial charge < -0.3 is 20.5 Å². The Hall–Kier alpha value is -1.88. The van der Waals surface area contributed by atoms with Gasteiger partial charge in [-0.3, -0.25) is 9.59 Å². The molecule has 0 aliphatic rings. The zero-order valence-corrected chi connectivity index (χ0v) is 11.9. The minimum atomic E-state index is -0.325. The molecule has 7 heteroatoms. The van der Waals surface area contributed by atoms with Gasteiger partial charge >= 0.3 is 0 Å². The Morgan fingerprint density at radius 1 is 1.40 bits per heavy atom. The third-order valence-corrected chi connectivity index (χ3v) is 3.16. The van der Waals surface area contributed by atoms with Crippen LogP contribution in [0.5, 0.6) is 0 Å². The van der Waals surface area contributed by atoms with Gasteiger partial charge in [-0.25, -0.2) is 0 Å². The first-order valence-corrected chi connectivity index (χ1v) is 6.72. The number of hydrogen-bond acceptors (Lipinski definition) is 5. The van der Waals surface area contributed by atoms with E-state index in [4.69, 9.17) is 9.84 Å². The maximum absolute atomic E-state index is 11.8. The van der Waals surface area contributed by atoms with Crippen molar-refractivity contribution in [3.63, 3.8) is 0 Å². The van der Waals surface area contributed by atoms with E-state index in [1.165, 1.54) is 11.3 Å². The third kappa shape index (κ3) is 5.84. The second-order valence-corrected chi connectivity index (χ2v) is 4.73. The monoisotopic (exact) mass is 296 g/mol. The lowest BCUT2D eigenvalue weighted by molar-refractivity contribution is -0.120. The second kappa shape index (κ2) is 9.09. The fourth-order valence-corrected chi connectivity index (χ4v) is 2.05. The highest BCUT2D eigenvalue weighted by atomic mass is 32.1. The number of thiophene rings is 1. The maximum atomic E-state index is 11.8. The van der Waals surface area contributed by atoms with Crippen LogP contribution >= 0.6 is 11.3 Å². The first kappa shape index (κ1) is 16.2. The molecule has 20 heavy (non-hydrogen) atoms. The maximum Gasteiger partial charge on any atom is 0.261 e. The van der Waals surface area contributed by atoms with Crippen molar-refractivity contribution in [2.45, 2.75) is 0 Å². The predicted octanol–water partition coefficient (Wildman–Crippen LogP) is -0.416. The van der Waals surface area contributed by atoms with Crippen LogP contribution < -0.4 is 10.6 Å². The summed E-state index contributed by atoms with van der Waals surface area (Å²) < 4.78 is 4.79. The summed E-state index contributed by atoms with van der Waals surface area (Å²) >= 11 is 1.21. The molecule has 0 aliphatic carbocycles. The molecular formula is C13H16N2O4S. The number of carbonyl (C=O) groups excluding carboxylic acids is 2. The van der Waals surface area contributed by atoms with Crippen LogP contribution in [-0.4, -0.2) is 50.3 Å². The summed E-state index contributed by atoms with van der Waals surface area (Å²) in [4.78, 5) is 24.3. The van der Waals surface area contributed by atoms with Crippen LogP contribution in [0.4, 0.5) is 0 Å². The summed E-state index contributed by atoms with van der Waals surface area (Å²) in [6, 6.07) is 3.32. The highest BCUT2D eigenvalue weighted by Crippen LogP contribution is 2.14. The molecule has 3 N–H and O–H groups in total. The lowest BCUT2D eigenvalue weighted by atomic mass is 10.4. The average Bonchev–Trinajstić information content (AvgIpc) is 2.91. The normalized spacial score (nSPS) is 9.50. The van der Waals surface area contributed by atoms with Crippen LogP contribution in [0.2, 0.25) is 0 Å². The van der Waals surface area contributed by atoms with E-state index >= 15 is 0 Å². The summed E-state index contributed by atoms with van der Waals surface area (Å²) in [5, 5.41) is 13.7. The van der Waals surface area contributed by atoms with E-state index in [0.717, 1.165) is 0 Å². The van der Waals surface area contributed by atoms with Crippen molar-refractivity contribution in [3.05, 3.63) is 21.9 Å². The van der Waals surface area contributed by atoms with E-state index in [1.54, 1.807) is 19.2 Å². The molecule has 2 amide bonds. The third-order valence-electron chi connectivity index (χ3n) is 2.16. The number of aliphatic hydroxyl groups is 1. The van der Waals surface area contributed by atoms with Crippen molar-refractivity contribution < 1.29 is 19.4 Å². The molecule has 0 aliphatic heterocycles. The minimum Gasteiger partial charge on any atom is -0.384 e. The van der Waals surface area contributed by atoms with Gasteiger partial charge in [-0.1, -0.05) is 11.8 Å². The molecule has 0 radical (unpaired) electrons. The van der Waals surface area contributed by atoms with Crippen molar-refractivity contribution >= 4 is 23.2 Å². The van der Waals surface area contributed by atoms with Gasteiger partial charge in [0.05, 0.1) is 22.9 Å². The molecule has 0 aromatic carbocycles. The highest BCUT2D eigenvalue weighted by molar-refractivity contribution is 7.14. The largest absolute Gasteiger partial charge is 0.384 e. The van der Waals surface area contributed by atoms with Gasteiger partial charge in [-0.05, 0) is 12.1 Å². The Balaban J connectivity index is 2.39. The first-order valence-electron chi connectivity index (χ1n) is 5.90. The minimum absolute atomic E-state index is 0.0852. The Morgan fingerprint density at radius 3 is 2.90 bits per heavy atom. The topological polar surface area (TPSA) is 87.7 Å². The Kier molecular flexibility index (Phi) is 7.35. The van der Waals surface area contributed by atoms with E-state index in [-0.39, 0.29) is 25.0 Å². The standard InChI is InChI=1S/C13H16N2O4S/c1-19-8-6-14-12(17)9-15-13(18)11-5-4-10(20-11)3-2-7-16/h4-5,16H,6-9H2,1H3,(H,14,17)(H,15,18). The molecule has 108 valence electrons. The van der Waals surface area contributed by atoms with Gasteiger partial charge in [0.2, 0.25) is 5.91 Å². The summed E-state index contributed by atoms with van der Waals surface area (Å²) in [5.74, 6) is 4.62. The zero-order chi connectivity index (χ0) is 14.8. The Morgan fingerprint density at radius 2 is 2.20 bits per heavy atom. The molecule has 1 aromatic heterocycles. The summed E-state index contributed by atoms with van der Waals surface area (Å²) in [6.45, 7) is 0.530. The molecule has 0 fully saturated rings. The Labute approximate surface area is 121 Å². The zero-order valence-electron chi connectivity index (χ0n) is 11.1. The summed E-state index contributed by atoms with van der Waals surface area (Å²) in [7, 11) is 1.54. The van der Waals surface area contributed by atoms with Gasteiger partial charge in [0.25, 0.3) is 5.91 Å². The van der Waals surface area contributed by atoms with Crippen molar-refractivity contribution in [1.82, 2.24) is 10.6 Å². The van der Waals surface area contributed by atoms with E-state index in [2.05, 4.69) is 22.5 Å². The van der Waals surface area contributed by atoms with E-state index in [1.807, 2.05) is 0 Å². The van der Waals surface area contributed by atoms with Crippen LogP contribution in [0.3, 0.4) is 0 Å². The lowest BCUT2D eigenvalue weighted by Crippen LogP contribution is -2.37. The van der Waals surface area contributed by atoms with Crippen LogP contribution in [0.1, 0.15) is 14.5 Å². The van der Waals surface area contributed by atoms with Crippen molar-refractivity contribution in [2.75, 3.05) is 33.4 Å². The van der Waals surface area contributed by atoms with Crippen LogP contribution in [0.15, 0.2) is 12.1 Å². The molecule has 1 rings (SSSR count). The van der Waals surface area contributed by atoms with Crippen molar-refractivity contribution in [1.29, 1.82) is 0 Å². The average molecular weight is 296 g/mol. The number of aliphatic hydroxyl groups excluding tert-OH is 1. The van der Waals surface area contributed by atoms with Crippen LogP contribution in [0.25, 0.3) is 0 Å². The quantitative estimate of drug-likeness (QED) is 0.492. The molecule has 0 saturated carbocycles. The number of rotatable bonds is 6. The molecule has 1 aromatic rings. The SMILES string of the molecule is COCCNC(=O)CNC(=O)c1ccc(C#CCO)s1. The number of carbonyl (C=O) groups is 2. The van der Waals surface area contributed by atoms with Crippen molar-refractivity contribution in [3.8, 4) is 11.8 Å². The molecule has 0 bridgehead atoms. The number of ether oxygens (including phenoxy) is 1. The molecular weight excluding hydrogens is 280 g/mol. The smallest absolute Gasteiger partial charge is 0.261 e. The molecule has 0 saturated heterocycles. The fraction of sp³-hybridized carbons (Fsp3) is 0.385. The molecule has 6 nitrogen and oxygen atoms in total. The highest BCUT2D eigenvalue weighted by Gasteiger charge is 2.09. The van der Waals surface area contributed by atoms with Gasteiger partial charge in [0.1, 0.15) is 6.61 Å². The number of methoxy groups -OCH3 is 1. The second-order valence-electron chi connectivity index (χ2n) is 3.65. The molecule has 0 atom stereocenters. The fourth-order valence-electron chi connectivity index (χ4n) is 1.26. The summed E-state index contributed by atoms with van der Waals surface area (Å²) in [6.07, 6.45) is 0. The van der Waals surface area contributed by atoms with Gasteiger partial charge in [-0.2, -0.15) is 0 Å². The van der Waals surface area contributed by atoms with Gasteiger partial charge in [0, 0.05) is 13.7 Å². The van der Waals surface area contributed by atoms with E-state index < -0.39 is 0 Å². The molecule has 0 spiro atoms. The Bertz CT molecular complexity index is 516. The number of nitrogens with one attached hydrogen (secondary N) is 2. The van der Waals surface area contributed by atoms with Crippen LogP contribution in [0, 0.1) is 11.8 Å². The van der Waals surface area contributed by atoms with Crippen molar-refractivity contribution in [2.24, 2.45) is 0 Å². The molecule has 1 heterocycles. The predicted molar refractivity (Wildman–Crippen MR) is 75.5 cm³/mol.